The average Bonchev–Trinajstić information content (AvgIpc) is 2.88. The van der Waals surface area contributed by atoms with Gasteiger partial charge in [0.05, 0.1) is 12.6 Å². The van der Waals surface area contributed by atoms with Gasteiger partial charge in [0.1, 0.15) is 0 Å². The minimum absolute atomic E-state index is 0.502. The van der Waals surface area contributed by atoms with Gasteiger partial charge in [0.15, 0.2) is 0 Å². The summed E-state index contributed by atoms with van der Waals surface area (Å²) < 4.78 is 7.49. The molecule has 0 radical (unpaired) electrons. The second-order valence-electron chi connectivity index (χ2n) is 3.94. The average molecular weight is 209 g/mol. The first-order valence-corrected chi connectivity index (χ1v) is 5.75. The van der Waals surface area contributed by atoms with Crippen LogP contribution in [-0.2, 0) is 11.3 Å². The zero-order valence-corrected chi connectivity index (χ0v) is 9.06. The minimum Gasteiger partial charge on any atom is -0.378 e. The van der Waals surface area contributed by atoms with Crippen molar-refractivity contribution in [2.75, 3.05) is 19.7 Å². The second-order valence-corrected chi connectivity index (χ2v) is 3.94. The van der Waals surface area contributed by atoms with Crippen molar-refractivity contribution < 1.29 is 4.74 Å². The predicted molar refractivity (Wildman–Crippen MR) is 58.7 cm³/mol. The highest BCUT2D eigenvalue weighted by Gasteiger charge is 2.14. The zero-order chi connectivity index (χ0) is 10.3. The molecule has 1 atom stereocenters. The van der Waals surface area contributed by atoms with Crippen LogP contribution in [0, 0.1) is 0 Å². The van der Waals surface area contributed by atoms with Gasteiger partial charge < -0.3 is 10.1 Å². The van der Waals surface area contributed by atoms with Crippen molar-refractivity contribution in [3.63, 3.8) is 0 Å². The van der Waals surface area contributed by atoms with Crippen LogP contribution < -0.4 is 5.32 Å². The molecule has 0 saturated carbocycles. The molecular formula is C11H19N3O. The van der Waals surface area contributed by atoms with Gasteiger partial charge in [-0.2, -0.15) is 5.10 Å². The van der Waals surface area contributed by atoms with Crippen LogP contribution in [0.4, 0.5) is 0 Å². The summed E-state index contributed by atoms with van der Waals surface area (Å²) in [6.07, 6.45) is 7.91. The van der Waals surface area contributed by atoms with E-state index in [1.807, 2.05) is 23.1 Å². The molecule has 2 rings (SSSR count). The molecule has 1 aromatic rings. The van der Waals surface area contributed by atoms with E-state index in [1.165, 1.54) is 12.8 Å². The molecule has 1 aliphatic heterocycles. The molecule has 4 heteroatoms. The molecule has 0 aromatic carbocycles. The molecule has 1 aromatic heterocycles. The third-order valence-corrected chi connectivity index (χ3v) is 2.74. The van der Waals surface area contributed by atoms with E-state index in [-0.39, 0.29) is 0 Å². The number of ether oxygens (including phenoxy) is 1. The fraction of sp³-hybridized carbons (Fsp3) is 0.727. The Balaban J connectivity index is 1.48. The molecular weight excluding hydrogens is 190 g/mol. The largest absolute Gasteiger partial charge is 0.378 e. The summed E-state index contributed by atoms with van der Waals surface area (Å²) in [6.45, 7) is 3.93. The molecule has 2 heterocycles. The normalized spacial score (nSPS) is 20.9. The van der Waals surface area contributed by atoms with Crippen LogP contribution in [0.5, 0.6) is 0 Å². The number of nitrogens with zero attached hydrogens (tertiary/aromatic N) is 2. The quantitative estimate of drug-likeness (QED) is 0.712. The van der Waals surface area contributed by atoms with Gasteiger partial charge in [-0.05, 0) is 31.9 Å². The molecule has 0 aliphatic carbocycles. The Kier molecular flexibility index (Phi) is 4.17. The SMILES string of the molecule is c1cnn(CCNCCC2CCCO2)c1. The van der Waals surface area contributed by atoms with Gasteiger partial charge in [0.2, 0.25) is 0 Å². The molecule has 84 valence electrons. The number of nitrogens with one attached hydrogen (secondary N) is 1. The highest BCUT2D eigenvalue weighted by molar-refractivity contribution is 4.77. The molecule has 0 bridgehead atoms. The van der Waals surface area contributed by atoms with Gasteiger partial charge in [0, 0.05) is 25.5 Å². The van der Waals surface area contributed by atoms with Gasteiger partial charge in [-0.15, -0.1) is 0 Å². The Hall–Kier alpha value is -0.870. The van der Waals surface area contributed by atoms with Gasteiger partial charge in [-0.1, -0.05) is 0 Å². The van der Waals surface area contributed by atoms with E-state index in [1.54, 1.807) is 0 Å². The molecule has 1 unspecified atom stereocenters. The first kappa shape index (κ1) is 10.6. The van der Waals surface area contributed by atoms with E-state index in [9.17, 15) is 0 Å². The minimum atomic E-state index is 0.502. The number of rotatable bonds is 6. The molecule has 0 spiro atoms. The summed E-state index contributed by atoms with van der Waals surface area (Å²) in [7, 11) is 0. The van der Waals surface area contributed by atoms with Crippen molar-refractivity contribution in [3.8, 4) is 0 Å². The van der Waals surface area contributed by atoms with E-state index in [4.69, 9.17) is 4.74 Å². The third-order valence-electron chi connectivity index (χ3n) is 2.74. The number of hydrogen-bond acceptors (Lipinski definition) is 3. The highest BCUT2D eigenvalue weighted by Crippen LogP contribution is 2.14. The topological polar surface area (TPSA) is 39.1 Å². The Labute approximate surface area is 90.6 Å². The van der Waals surface area contributed by atoms with E-state index < -0.39 is 0 Å². The van der Waals surface area contributed by atoms with E-state index in [0.29, 0.717) is 6.10 Å². The predicted octanol–water partition coefficient (Wildman–Crippen LogP) is 1.04. The maximum absolute atomic E-state index is 5.55. The molecule has 1 saturated heterocycles. The smallest absolute Gasteiger partial charge is 0.0588 e. The monoisotopic (exact) mass is 209 g/mol. The fourth-order valence-electron chi connectivity index (χ4n) is 1.89. The van der Waals surface area contributed by atoms with Crippen LogP contribution in [0.2, 0.25) is 0 Å². The van der Waals surface area contributed by atoms with E-state index in [0.717, 1.165) is 32.7 Å². The standard InChI is InChI=1S/C11H19N3O/c1-3-11(15-10-1)4-6-12-7-9-14-8-2-5-13-14/h2,5,8,11-12H,1,3-4,6-7,9-10H2. The Bertz CT molecular complexity index is 255. The second kappa shape index (κ2) is 5.88. The van der Waals surface area contributed by atoms with Gasteiger partial charge >= 0.3 is 0 Å². The molecule has 1 N–H and O–H groups in total. The van der Waals surface area contributed by atoms with Crippen molar-refractivity contribution in [2.24, 2.45) is 0 Å². The van der Waals surface area contributed by atoms with E-state index >= 15 is 0 Å². The number of hydrogen-bond donors (Lipinski definition) is 1. The molecule has 1 fully saturated rings. The Morgan fingerprint density at radius 3 is 3.20 bits per heavy atom. The van der Waals surface area contributed by atoms with Crippen molar-refractivity contribution in [1.29, 1.82) is 0 Å². The van der Waals surface area contributed by atoms with Crippen LogP contribution in [0.15, 0.2) is 18.5 Å². The van der Waals surface area contributed by atoms with Crippen LogP contribution in [-0.4, -0.2) is 35.6 Å². The lowest BCUT2D eigenvalue weighted by atomic mass is 10.2. The summed E-state index contributed by atoms with van der Waals surface area (Å²) >= 11 is 0. The molecule has 4 nitrogen and oxygen atoms in total. The molecule has 15 heavy (non-hydrogen) atoms. The number of aromatic nitrogens is 2. The van der Waals surface area contributed by atoms with Crippen LogP contribution in [0.3, 0.4) is 0 Å². The summed E-state index contributed by atoms with van der Waals surface area (Å²) in [5, 5.41) is 7.55. The summed E-state index contributed by atoms with van der Waals surface area (Å²) in [5.41, 5.74) is 0. The lowest BCUT2D eigenvalue weighted by Crippen LogP contribution is -2.24. The lowest BCUT2D eigenvalue weighted by Gasteiger charge is -2.09. The van der Waals surface area contributed by atoms with Crippen LogP contribution in [0.1, 0.15) is 19.3 Å². The first-order valence-electron chi connectivity index (χ1n) is 5.75. The van der Waals surface area contributed by atoms with Crippen molar-refractivity contribution in [3.05, 3.63) is 18.5 Å². The molecule has 0 amide bonds. The fourth-order valence-corrected chi connectivity index (χ4v) is 1.89. The maximum atomic E-state index is 5.55. The van der Waals surface area contributed by atoms with Crippen LogP contribution >= 0.6 is 0 Å². The third kappa shape index (κ3) is 3.64. The first-order chi connectivity index (χ1) is 7.45. The summed E-state index contributed by atoms with van der Waals surface area (Å²) in [6, 6.07) is 1.95. The highest BCUT2D eigenvalue weighted by atomic mass is 16.5. The van der Waals surface area contributed by atoms with E-state index in [2.05, 4.69) is 10.4 Å². The molecule has 1 aliphatic rings. The maximum Gasteiger partial charge on any atom is 0.0588 e. The van der Waals surface area contributed by atoms with Crippen molar-refractivity contribution in [2.45, 2.75) is 31.9 Å². The summed E-state index contributed by atoms with van der Waals surface area (Å²) in [5.74, 6) is 0. The Morgan fingerprint density at radius 1 is 1.47 bits per heavy atom. The zero-order valence-electron chi connectivity index (χ0n) is 9.06. The summed E-state index contributed by atoms with van der Waals surface area (Å²) in [4.78, 5) is 0. The van der Waals surface area contributed by atoms with Crippen molar-refractivity contribution in [1.82, 2.24) is 15.1 Å². The Morgan fingerprint density at radius 2 is 2.47 bits per heavy atom. The van der Waals surface area contributed by atoms with Gasteiger partial charge in [-0.25, -0.2) is 0 Å². The van der Waals surface area contributed by atoms with Gasteiger partial charge in [-0.3, -0.25) is 4.68 Å². The van der Waals surface area contributed by atoms with Crippen LogP contribution in [0.25, 0.3) is 0 Å². The lowest BCUT2D eigenvalue weighted by molar-refractivity contribution is 0.104. The van der Waals surface area contributed by atoms with Crippen molar-refractivity contribution >= 4 is 0 Å². The van der Waals surface area contributed by atoms with Gasteiger partial charge in [0.25, 0.3) is 0 Å².